The lowest BCUT2D eigenvalue weighted by Crippen LogP contribution is -2.29. The van der Waals surface area contributed by atoms with Gasteiger partial charge in [0, 0.05) is 6.54 Å². The van der Waals surface area contributed by atoms with Gasteiger partial charge in [-0.3, -0.25) is 4.79 Å². The van der Waals surface area contributed by atoms with E-state index in [-0.39, 0.29) is 37.8 Å². The van der Waals surface area contributed by atoms with Crippen LogP contribution in [-0.2, 0) is 20.7 Å². The number of hydrogen-bond acceptors (Lipinski definition) is 4. The molecule has 1 aromatic carbocycles. The minimum atomic E-state index is -1.04. The second-order valence-corrected chi connectivity index (χ2v) is 3.64. The molecule has 1 aromatic rings. The number of hydrogen-bond donors (Lipinski definition) is 3. The maximum atomic E-state index is 11.5. The monoisotopic (exact) mass is 253 g/mol. The molecule has 0 radical (unpaired) electrons. The lowest BCUT2D eigenvalue weighted by molar-refractivity contribution is -0.142. The lowest BCUT2D eigenvalue weighted by atomic mass is 10.1. The molecule has 0 aliphatic carbocycles. The first-order valence-corrected chi connectivity index (χ1v) is 5.42. The van der Waals surface area contributed by atoms with Gasteiger partial charge in [0.2, 0.25) is 5.91 Å². The molecule has 0 bridgehead atoms. The molecule has 0 saturated carbocycles. The Bertz CT molecular complexity index is 419. The van der Waals surface area contributed by atoms with Crippen molar-refractivity contribution in [2.24, 2.45) is 0 Å². The molecule has 0 aromatic heterocycles. The Hall–Kier alpha value is -2.08. The van der Waals surface area contributed by atoms with Crippen molar-refractivity contribution in [3.63, 3.8) is 0 Å². The summed E-state index contributed by atoms with van der Waals surface area (Å²) in [5.74, 6) is -1.13. The molecule has 6 nitrogen and oxygen atoms in total. The van der Waals surface area contributed by atoms with E-state index < -0.39 is 5.97 Å². The topological polar surface area (TPSA) is 95.9 Å². The molecule has 0 saturated heterocycles. The molecule has 18 heavy (non-hydrogen) atoms. The zero-order valence-electron chi connectivity index (χ0n) is 9.76. The summed E-state index contributed by atoms with van der Waals surface area (Å²) in [4.78, 5) is 21.6. The van der Waals surface area contributed by atoms with Crippen molar-refractivity contribution in [3.8, 4) is 5.75 Å². The van der Waals surface area contributed by atoms with Crippen LogP contribution in [0.3, 0.4) is 0 Å². The number of carboxylic acids is 1. The van der Waals surface area contributed by atoms with Crippen LogP contribution >= 0.6 is 0 Å². The summed E-state index contributed by atoms with van der Waals surface area (Å²) >= 11 is 0. The molecule has 0 fully saturated rings. The number of ether oxygens (including phenoxy) is 1. The summed E-state index contributed by atoms with van der Waals surface area (Å²) in [7, 11) is 0. The third-order valence-electron chi connectivity index (χ3n) is 2.07. The van der Waals surface area contributed by atoms with Crippen LogP contribution in [0.5, 0.6) is 5.75 Å². The van der Waals surface area contributed by atoms with Crippen molar-refractivity contribution >= 4 is 11.9 Å². The zero-order valence-corrected chi connectivity index (χ0v) is 9.76. The highest BCUT2D eigenvalue weighted by atomic mass is 16.5. The Morgan fingerprint density at radius 2 is 2.11 bits per heavy atom. The highest BCUT2D eigenvalue weighted by molar-refractivity contribution is 5.78. The molecular weight excluding hydrogens is 238 g/mol. The van der Waals surface area contributed by atoms with Gasteiger partial charge in [-0.2, -0.15) is 0 Å². The van der Waals surface area contributed by atoms with Crippen molar-refractivity contribution in [1.29, 1.82) is 0 Å². The smallest absolute Gasteiger partial charge is 0.329 e. The maximum absolute atomic E-state index is 11.5. The number of benzene rings is 1. The number of phenols is 1. The molecule has 0 atom stereocenters. The van der Waals surface area contributed by atoms with Crippen LogP contribution in [0, 0.1) is 0 Å². The number of aliphatic carboxylic acids is 1. The Labute approximate surface area is 104 Å². The highest BCUT2D eigenvalue weighted by Crippen LogP contribution is 2.10. The molecule has 0 aliphatic heterocycles. The first-order valence-electron chi connectivity index (χ1n) is 5.42. The maximum Gasteiger partial charge on any atom is 0.329 e. The minimum Gasteiger partial charge on any atom is -0.508 e. The molecule has 6 heteroatoms. The number of carboxylic acid groups (broad SMARTS) is 1. The van der Waals surface area contributed by atoms with E-state index in [0.717, 1.165) is 0 Å². The van der Waals surface area contributed by atoms with Crippen LogP contribution in [0.2, 0.25) is 0 Å². The quantitative estimate of drug-likeness (QED) is 0.601. The molecule has 3 N–H and O–H groups in total. The lowest BCUT2D eigenvalue weighted by Gasteiger charge is -2.05. The van der Waals surface area contributed by atoms with Crippen molar-refractivity contribution in [2.45, 2.75) is 6.42 Å². The molecule has 98 valence electrons. The van der Waals surface area contributed by atoms with E-state index in [1.807, 2.05) is 0 Å². The van der Waals surface area contributed by atoms with Crippen molar-refractivity contribution in [1.82, 2.24) is 5.32 Å². The fourth-order valence-corrected chi connectivity index (χ4v) is 1.34. The fraction of sp³-hybridized carbons (Fsp3) is 0.333. The summed E-state index contributed by atoms with van der Waals surface area (Å²) in [5, 5.41) is 20.1. The Morgan fingerprint density at radius 3 is 2.78 bits per heavy atom. The zero-order chi connectivity index (χ0) is 13.4. The summed E-state index contributed by atoms with van der Waals surface area (Å²) in [6, 6.07) is 6.44. The van der Waals surface area contributed by atoms with E-state index in [9.17, 15) is 14.7 Å². The van der Waals surface area contributed by atoms with Gasteiger partial charge in [-0.05, 0) is 17.7 Å². The van der Waals surface area contributed by atoms with E-state index in [4.69, 9.17) is 9.84 Å². The Balaban J connectivity index is 2.20. The predicted molar refractivity (Wildman–Crippen MR) is 63.3 cm³/mol. The molecular formula is C12H15NO5. The molecule has 1 amide bonds. The van der Waals surface area contributed by atoms with Gasteiger partial charge in [0.15, 0.2) is 0 Å². The van der Waals surface area contributed by atoms with E-state index >= 15 is 0 Å². The van der Waals surface area contributed by atoms with Crippen LogP contribution in [0.1, 0.15) is 5.56 Å². The van der Waals surface area contributed by atoms with Gasteiger partial charge >= 0.3 is 5.97 Å². The summed E-state index contributed by atoms with van der Waals surface area (Å²) in [6.45, 7) is 0.0332. The standard InChI is InChI=1S/C12H15NO5/c14-10-3-1-2-9(6-10)7-11(15)13-4-5-18-8-12(16)17/h1-3,6,14H,4-5,7-8H2,(H,13,15)(H,16,17). The molecule has 0 heterocycles. The largest absolute Gasteiger partial charge is 0.508 e. The number of amides is 1. The van der Waals surface area contributed by atoms with Gasteiger partial charge in [-0.25, -0.2) is 4.79 Å². The third-order valence-corrected chi connectivity index (χ3v) is 2.07. The van der Waals surface area contributed by atoms with Crippen molar-refractivity contribution < 1.29 is 24.5 Å². The van der Waals surface area contributed by atoms with Crippen LogP contribution in [-0.4, -0.2) is 41.8 Å². The first kappa shape index (κ1) is 14.0. The SMILES string of the molecule is O=C(O)COCCNC(=O)Cc1cccc(O)c1. The van der Waals surface area contributed by atoms with Crippen LogP contribution in [0.4, 0.5) is 0 Å². The number of phenolic OH excluding ortho intramolecular Hbond substituents is 1. The average Bonchev–Trinajstić information content (AvgIpc) is 2.28. The van der Waals surface area contributed by atoms with Gasteiger partial charge in [0.05, 0.1) is 13.0 Å². The average molecular weight is 253 g/mol. The van der Waals surface area contributed by atoms with E-state index in [1.54, 1.807) is 12.1 Å². The summed E-state index contributed by atoms with van der Waals surface area (Å²) in [6.07, 6.45) is 0.160. The number of carbonyl (C=O) groups is 2. The van der Waals surface area contributed by atoms with Gasteiger partial charge in [0.1, 0.15) is 12.4 Å². The van der Waals surface area contributed by atoms with Crippen molar-refractivity contribution in [2.75, 3.05) is 19.8 Å². The van der Waals surface area contributed by atoms with Crippen molar-refractivity contribution in [3.05, 3.63) is 29.8 Å². The van der Waals surface area contributed by atoms with Gasteiger partial charge in [-0.15, -0.1) is 0 Å². The van der Waals surface area contributed by atoms with Gasteiger partial charge in [0.25, 0.3) is 0 Å². The number of nitrogens with one attached hydrogen (secondary N) is 1. The number of carbonyl (C=O) groups excluding carboxylic acids is 1. The Kier molecular flexibility index (Phi) is 5.66. The van der Waals surface area contributed by atoms with Crippen LogP contribution < -0.4 is 5.32 Å². The third kappa shape index (κ3) is 5.86. The second kappa shape index (κ2) is 7.29. The van der Waals surface area contributed by atoms with E-state index in [0.29, 0.717) is 5.56 Å². The normalized spacial score (nSPS) is 10.0. The van der Waals surface area contributed by atoms with E-state index in [2.05, 4.69) is 5.32 Å². The van der Waals surface area contributed by atoms with Gasteiger partial charge in [-0.1, -0.05) is 12.1 Å². The van der Waals surface area contributed by atoms with Gasteiger partial charge < -0.3 is 20.3 Å². The van der Waals surface area contributed by atoms with E-state index in [1.165, 1.54) is 12.1 Å². The first-order chi connectivity index (χ1) is 8.58. The molecule has 0 spiro atoms. The summed E-state index contributed by atoms with van der Waals surface area (Å²) in [5.41, 5.74) is 0.707. The molecule has 0 aliphatic rings. The minimum absolute atomic E-state index is 0.116. The van der Waals surface area contributed by atoms with Crippen LogP contribution in [0.25, 0.3) is 0 Å². The second-order valence-electron chi connectivity index (χ2n) is 3.64. The predicted octanol–water partition coefficient (Wildman–Crippen LogP) is 0.152. The molecule has 1 rings (SSSR count). The highest BCUT2D eigenvalue weighted by Gasteiger charge is 2.03. The fourth-order valence-electron chi connectivity index (χ4n) is 1.34. The summed E-state index contributed by atoms with van der Waals surface area (Å²) < 4.78 is 4.76. The molecule has 0 unspecified atom stereocenters. The Morgan fingerprint density at radius 1 is 1.33 bits per heavy atom. The number of rotatable bonds is 7. The number of aromatic hydroxyl groups is 1. The van der Waals surface area contributed by atoms with Crippen LogP contribution in [0.15, 0.2) is 24.3 Å².